The van der Waals surface area contributed by atoms with Crippen molar-refractivity contribution in [1.82, 2.24) is 5.32 Å². The molecule has 0 spiro atoms. The van der Waals surface area contributed by atoms with Crippen molar-refractivity contribution < 1.29 is 33.8 Å². The Morgan fingerprint density at radius 3 is 2.72 bits per heavy atom. The van der Waals surface area contributed by atoms with Crippen molar-refractivity contribution in [2.24, 2.45) is 0 Å². The molecule has 2 amide bonds. The van der Waals surface area contributed by atoms with Gasteiger partial charge < -0.3 is 24.8 Å². The van der Waals surface area contributed by atoms with E-state index in [4.69, 9.17) is 9.47 Å². The Morgan fingerprint density at radius 1 is 1.40 bits per heavy atom. The number of anilines is 1. The summed E-state index contributed by atoms with van der Waals surface area (Å²) >= 11 is 0. The van der Waals surface area contributed by atoms with Crippen molar-refractivity contribution >= 4 is 29.4 Å². The van der Waals surface area contributed by atoms with Crippen LogP contribution in [0.25, 0.3) is 0 Å². The van der Waals surface area contributed by atoms with Gasteiger partial charge in [0.25, 0.3) is 11.8 Å². The quantitative estimate of drug-likeness (QED) is 0.705. The maximum Gasteiger partial charge on any atom is 0.348 e. The number of morpholine rings is 1. The predicted octanol–water partition coefficient (Wildman–Crippen LogP) is -0.206. The fourth-order valence-corrected chi connectivity index (χ4v) is 2.46. The number of esters is 1. The maximum atomic E-state index is 12.6. The minimum Gasteiger partial charge on any atom is -0.478 e. The second-order valence-electron chi connectivity index (χ2n) is 5.28. The van der Waals surface area contributed by atoms with Gasteiger partial charge in [0.15, 0.2) is 6.10 Å². The minimum atomic E-state index is -1.74. The molecule has 9 nitrogen and oxygen atoms in total. The molecular weight excluding hydrogens is 332 g/mol. The molecule has 1 saturated heterocycles. The van der Waals surface area contributed by atoms with Crippen LogP contribution in [0.5, 0.6) is 0 Å². The van der Waals surface area contributed by atoms with Crippen LogP contribution in [-0.2, 0) is 23.9 Å². The molecular formula is C16H18N2O7. The molecule has 1 aromatic carbocycles. The van der Waals surface area contributed by atoms with Crippen molar-refractivity contribution in [3.8, 4) is 0 Å². The first kappa shape index (κ1) is 18.4. The average molecular weight is 350 g/mol. The van der Waals surface area contributed by atoms with E-state index < -0.39 is 30.1 Å². The zero-order valence-corrected chi connectivity index (χ0v) is 13.7. The highest BCUT2D eigenvalue weighted by molar-refractivity contribution is 6.02. The number of carboxylic acid groups (broad SMARTS) is 1. The van der Waals surface area contributed by atoms with E-state index in [0.29, 0.717) is 11.3 Å². The molecule has 134 valence electrons. The molecule has 1 heterocycles. The van der Waals surface area contributed by atoms with Gasteiger partial charge in [0.05, 0.1) is 6.61 Å². The van der Waals surface area contributed by atoms with E-state index in [2.05, 4.69) is 5.32 Å². The highest BCUT2D eigenvalue weighted by Gasteiger charge is 2.42. The third-order valence-corrected chi connectivity index (χ3v) is 3.58. The molecule has 0 unspecified atom stereocenters. The van der Waals surface area contributed by atoms with Gasteiger partial charge in [0.2, 0.25) is 6.10 Å². The lowest BCUT2D eigenvalue weighted by Gasteiger charge is -2.34. The Kier molecular flexibility index (Phi) is 5.71. The summed E-state index contributed by atoms with van der Waals surface area (Å²) in [6.45, 7) is 1.29. The predicted molar refractivity (Wildman–Crippen MR) is 85.1 cm³/mol. The van der Waals surface area contributed by atoms with Crippen molar-refractivity contribution in [1.29, 1.82) is 0 Å². The zero-order valence-electron chi connectivity index (χ0n) is 13.7. The van der Waals surface area contributed by atoms with E-state index in [1.165, 1.54) is 18.0 Å². The van der Waals surface area contributed by atoms with Crippen molar-refractivity contribution in [3.63, 3.8) is 0 Å². The summed E-state index contributed by atoms with van der Waals surface area (Å²) in [5.74, 6) is -3.28. The number of aliphatic carboxylic acids is 1. The Balaban J connectivity index is 2.28. The van der Waals surface area contributed by atoms with Crippen molar-refractivity contribution in [2.75, 3.05) is 25.1 Å². The highest BCUT2D eigenvalue weighted by atomic mass is 16.6. The fourth-order valence-electron chi connectivity index (χ4n) is 2.46. The summed E-state index contributed by atoms with van der Waals surface area (Å²) in [5.41, 5.74) is 0.775. The Labute approximate surface area is 143 Å². The molecule has 25 heavy (non-hydrogen) atoms. The Hall–Kier alpha value is -2.94. The Morgan fingerprint density at radius 2 is 2.12 bits per heavy atom. The van der Waals surface area contributed by atoms with Gasteiger partial charge in [0, 0.05) is 31.8 Å². The van der Waals surface area contributed by atoms with Crippen LogP contribution < -0.4 is 10.2 Å². The van der Waals surface area contributed by atoms with Crippen molar-refractivity contribution in [2.45, 2.75) is 19.1 Å². The summed E-state index contributed by atoms with van der Waals surface area (Å²) in [5, 5.41) is 11.7. The minimum absolute atomic E-state index is 0.0612. The number of carboxylic acids is 1. The van der Waals surface area contributed by atoms with Gasteiger partial charge in [-0.05, 0) is 18.2 Å². The standard InChI is InChI=1S/C16H18N2O7/c1-9(19)25-13(16(22)23)12-15(21)18(6-7-24-12)11-5-3-4-10(8-11)14(20)17-2/h3-5,8,12-13H,6-7H2,1-2H3,(H,17,20)(H,22,23)/t12-,13-/m1/s1. The first-order chi connectivity index (χ1) is 11.8. The van der Waals surface area contributed by atoms with E-state index in [1.807, 2.05) is 0 Å². The lowest BCUT2D eigenvalue weighted by molar-refractivity contribution is -0.177. The van der Waals surface area contributed by atoms with Gasteiger partial charge in [-0.15, -0.1) is 0 Å². The van der Waals surface area contributed by atoms with E-state index in [1.54, 1.807) is 18.2 Å². The lowest BCUT2D eigenvalue weighted by atomic mass is 10.1. The number of benzene rings is 1. The van der Waals surface area contributed by atoms with Gasteiger partial charge >= 0.3 is 11.9 Å². The first-order valence-corrected chi connectivity index (χ1v) is 7.50. The summed E-state index contributed by atoms with van der Waals surface area (Å²) in [4.78, 5) is 48.1. The molecule has 0 bridgehead atoms. The van der Waals surface area contributed by atoms with Crippen LogP contribution in [0.3, 0.4) is 0 Å². The van der Waals surface area contributed by atoms with Gasteiger partial charge in [0.1, 0.15) is 0 Å². The number of carbonyl (C=O) groups is 4. The number of nitrogens with zero attached hydrogens (tertiary/aromatic N) is 1. The molecule has 9 heteroatoms. The number of rotatable bonds is 5. The number of carbonyl (C=O) groups excluding carboxylic acids is 3. The van der Waals surface area contributed by atoms with E-state index in [0.717, 1.165) is 6.92 Å². The fraction of sp³-hybridized carbons (Fsp3) is 0.375. The second-order valence-corrected chi connectivity index (χ2v) is 5.28. The second kappa shape index (κ2) is 7.75. The van der Waals surface area contributed by atoms with Crippen LogP contribution in [0.1, 0.15) is 17.3 Å². The van der Waals surface area contributed by atoms with Crippen LogP contribution in [-0.4, -0.2) is 61.3 Å². The normalized spacial score (nSPS) is 18.4. The highest BCUT2D eigenvalue weighted by Crippen LogP contribution is 2.22. The molecule has 0 radical (unpaired) electrons. The monoisotopic (exact) mass is 350 g/mol. The molecule has 2 N–H and O–H groups in total. The average Bonchev–Trinajstić information content (AvgIpc) is 2.59. The topological polar surface area (TPSA) is 122 Å². The number of hydrogen-bond donors (Lipinski definition) is 2. The van der Waals surface area contributed by atoms with Crippen molar-refractivity contribution in [3.05, 3.63) is 29.8 Å². The number of hydrogen-bond acceptors (Lipinski definition) is 6. The first-order valence-electron chi connectivity index (χ1n) is 7.50. The summed E-state index contributed by atoms with van der Waals surface area (Å²) in [6.07, 6.45) is -3.20. The third kappa shape index (κ3) is 4.13. The van der Waals surface area contributed by atoms with E-state index in [-0.39, 0.29) is 19.1 Å². The van der Waals surface area contributed by atoms with Crippen LogP contribution in [0, 0.1) is 0 Å². The van der Waals surface area contributed by atoms with Gasteiger partial charge in [-0.3, -0.25) is 14.4 Å². The smallest absolute Gasteiger partial charge is 0.348 e. The Bertz CT molecular complexity index is 703. The number of amides is 2. The van der Waals surface area contributed by atoms with Crippen LogP contribution >= 0.6 is 0 Å². The molecule has 0 aliphatic carbocycles. The van der Waals surface area contributed by atoms with Gasteiger partial charge in [-0.25, -0.2) is 4.79 Å². The van der Waals surface area contributed by atoms with Gasteiger partial charge in [-0.2, -0.15) is 0 Å². The summed E-state index contributed by atoms with van der Waals surface area (Å²) < 4.78 is 9.95. The molecule has 1 fully saturated rings. The zero-order chi connectivity index (χ0) is 18.6. The van der Waals surface area contributed by atoms with E-state index in [9.17, 15) is 24.3 Å². The van der Waals surface area contributed by atoms with Crippen LogP contribution in [0.15, 0.2) is 24.3 Å². The number of nitrogens with one attached hydrogen (secondary N) is 1. The maximum absolute atomic E-state index is 12.6. The molecule has 0 saturated carbocycles. The summed E-state index contributed by atoms with van der Waals surface area (Å²) in [6, 6.07) is 6.33. The molecule has 1 aliphatic heterocycles. The third-order valence-electron chi connectivity index (χ3n) is 3.58. The van der Waals surface area contributed by atoms with Crippen LogP contribution in [0.4, 0.5) is 5.69 Å². The number of ether oxygens (including phenoxy) is 2. The lowest BCUT2D eigenvalue weighted by Crippen LogP contribution is -2.55. The van der Waals surface area contributed by atoms with Gasteiger partial charge in [-0.1, -0.05) is 6.07 Å². The van der Waals surface area contributed by atoms with Crippen LogP contribution in [0.2, 0.25) is 0 Å². The molecule has 2 atom stereocenters. The largest absolute Gasteiger partial charge is 0.478 e. The summed E-state index contributed by atoms with van der Waals surface area (Å²) in [7, 11) is 1.49. The molecule has 0 aromatic heterocycles. The van der Waals surface area contributed by atoms with E-state index >= 15 is 0 Å². The SMILES string of the molecule is CNC(=O)c1cccc(N2CCO[C@H]([C@@H](OC(C)=O)C(=O)O)C2=O)c1. The molecule has 1 aromatic rings. The molecule has 1 aliphatic rings. The molecule has 2 rings (SSSR count).